The lowest BCUT2D eigenvalue weighted by Crippen LogP contribution is -2.23. The Kier molecular flexibility index (Phi) is 4.30. The van der Waals surface area contributed by atoms with Gasteiger partial charge >= 0.3 is 0 Å². The fraction of sp³-hybridized carbons (Fsp3) is 0.278. The molecule has 0 radical (unpaired) electrons. The Balaban J connectivity index is 1.52. The van der Waals surface area contributed by atoms with Gasteiger partial charge in [-0.2, -0.15) is 14.8 Å². The minimum absolute atomic E-state index is 0.468. The molecule has 28 heavy (non-hydrogen) atoms. The van der Waals surface area contributed by atoms with Crippen molar-refractivity contribution in [2.45, 2.75) is 13.0 Å². The number of hydrogen-bond acceptors (Lipinski definition) is 8. The summed E-state index contributed by atoms with van der Waals surface area (Å²) in [6.45, 7) is 3.13. The number of nitrogens with one attached hydrogen (secondary N) is 2. The number of nitrogens with zero attached hydrogens (tertiary/aromatic N) is 7. The summed E-state index contributed by atoms with van der Waals surface area (Å²) in [6, 6.07) is 7.71. The Morgan fingerprint density at radius 2 is 2.00 bits per heavy atom. The fourth-order valence-corrected chi connectivity index (χ4v) is 3.06. The summed E-state index contributed by atoms with van der Waals surface area (Å²) in [5.41, 5.74) is 2.93. The maximum Gasteiger partial charge on any atom is 0.229 e. The van der Waals surface area contributed by atoms with Crippen molar-refractivity contribution in [3.05, 3.63) is 42.9 Å². The summed E-state index contributed by atoms with van der Waals surface area (Å²) >= 11 is 0. The summed E-state index contributed by atoms with van der Waals surface area (Å²) in [6.07, 6.45) is 6.34. The molecule has 142 valence electrons. The minimum Gasteiger partial charge on any atom is -0.492 e. The molecule has 4 aromatic rings. The highest BCUT2D eigenvalue weighted by Gasteiger charge is 2.11. The zero-order valence-electron chi connectivity index (χ0n) is 15.1. The van der Waals surface area contributed by atoms with Crippen LogP contribution in [0.2, 0.25) is 0 Å². The van der Waals surface area contributed by atoms with E-state index in [0.717, 1.165) is 43.2 Å². The first kappa shape index (κ1) is 16.6. The van der Waals surface area contributed by atoms with Crippen LogP contribution in [-0.2, 0) is 6.54 Å². The molecule has 0 atom stereocenters. The third kappa shape index (κ3) is 3.37. The van der Waals surface area contributed by atoms with Crippen molar-refractivity contribution >= 4 is 22.8 Å². The number of aryl methyl sites for hydroxylation is 1. The molecule has 5 heterocycles. The first-order valence-electron chi connectivity index (χ1n) is 9.17. The number of anilines is 2. The van der Waals surface area contributed by atoms with E-state index in [1.165, 1.54) is 0 Å². The summed E-state index contributed by atoms with van der Waals surface area (Å²) in [7, 11) is 0. The molecule has 0 fully saturated rings. The molecule has 0 saturated heterocycles. The summed E-state index contributed by atoms with van der Waals surface area (Å²) in [5.74, 6) is 1.28. The molecule has 1 aromatic carbocycles. The summed E-state index contributed by atoms with van der Waals surface area (Å²) in [5, 5.41) is 19.3. The summed E-state index contributed by atoms with van der Waals surface area (Å²) in [4.78, 5) is 8.91. The van der Waals surface area contributed by atoms with Crippen LogP contribution in [0.25, 0.3) is 16.9 Å². The Labute approximate surface area is 160 Å². The maximum absolute atomic E-state index is 5.78. The van der Waals surface area contributed by atoms with Crippen molar-refractivity contribution in [1.29, 1.82) is 0 Å². The van der Waals surface area contributed by atoms with Gasteiger partial charge in [0.2, 0.25) is 5.95 Å². The van der Waals surface area contributed by atoms with Gasteiger partial charge in [0.15, 0.2) is 11.2 Å². The molecule has 0 spiro atoms. The Morgan fingerprint density at radius 3 is 2.93 bits per heavy atom. The first-order valence-corrected chi connectivity index (χ1v) is 9.17. The molecule has 10 nitrogen and oxygen atoms in total. The van der Waals surface area contributed by atoms with Gasteiger partial charge in [0, 0.05) is 19.3 Å². The number of ether oxygens (including phenoxy) is 1. The average molecular weight is 377 g/mol. The van der Waals surface area contributed by atoms with Crippen LogP contribution in [0.5, 0.6) is 5.75 Å². The van der Waals surface area contributed by atoms with Crippen LogP contribution in [0.15, 0.2) is 42.9 Å². The largest absolute Gasteiger partial charge is 0.492 e. The van der Waals surface area contributed by atoms with Crippen LogP contribution in [0, 0.1) is 0 Å². The lowest BCUT2D eigenvalue weighted by atomic mass is 10.3. The van der Waals surface area contributed by atoms with E-state index in [4.69, 9.17) is 4.74 Å². The van der Waals surface area contributed by atoms with Gasteiger partial charge in [0.1, 0.15) is 12.4 Å². The van der Waals surface area contributed by atoms with Crippen LogP contribution >= 0.6 is 0 Å². The predicted octanol–water partition coefficient (Wildman–Crippen LogP) is 1.52. The van der Waals surface area contributed by atoms with E-state index in [1.54, 1.807) is 17.1 Å². The van der Waals surface area contributed by atoms with Gasteiger partial charge in [0.05, 0.1) is 23.8 Å². The highest BCUT2D eigenvalue weighted by Crippen LogP contribution is 2.20. The van der Waals surface area contributed by atoms with Gasteiger partial charge < -0.3 is 15.4 Å². The second-order valence-corrected chi connectivity index (χ2v) is 6.47. The predicted molar refractivity (Wildman–Crippen MR) is 103 cm³/mol. The number of hydrogen-bond donors (Lipinski definition) is 2. The lowest BCUT2D eigenvalue weighted by Gasteiger charge is -2.08. The van der Waals surface area contributed by atoms with Crippen LogP contribution in [0.3, 0.4) is 0 Å². The smallest absolute Gasteiger partial charge is 0.229 e. The molecule has 0 aliphatic carbocycles. The molecule has 2 aliphatic rings. The zero-order chi connectivity index (χ0) is 18.8. The van der Waals surface area contributed by atoms with Crippen LogP contribution in [-0.4, -0.2) is 54.4 Å². The molecule has 0 unspecified atom stereocenters. The Hall–Kier alpha value is -3.53. The van der Waals surface area contributed by atoms with Crippen LogP contribution in [0.4, 0.5) is 11.6 Å². The Morgan fingerprint density at radius 1 is 1.07 bits per heavy atom. The van der Waals surface area contributed by atoms with Crippen molar-refractivity contribution < 1.29 is 4.74 Å². The molecule has 0 amide bonds. The number of fused-ring (bicyclic) bond motifs is 8. The van der Waals surface area contributed by atoms with Crippen molar-refractivity contribution in [2.24, 2.45) is 0 Å². The van der Waals surface area contributed by atoms with E-state index >= 15 is 0 Å². The van der Waals surface area contributed by atoms with Crippen molar-refractivity contribution in [3.63, 3.8) is 0 Å². The normalized spacial score (nSPS) is 14.9. The number of rotatable bonds is 0. The third-order valence-electron chi connectivity index (χ3n) is 4.45. The van der Waals surface area contributed by atoms with E-state index in [-0.39, 0.29) is 0 Å². The second-order valence-electron chi connectivity index (χ2n) is 6.47. The molecular formula is C18H19N9O. The molecule has 3 aromatic heterocycles. The molecule has 2 aliphatic heterocycles. The quantitative estimate of drug-likeness (QED) is 0.475. The highest BCUT2D eigenvalue weighted by atomic mass is 16.5. The standard InChI is InChI=1S/C18H19N9O/c1-6-19-7-9-28-15-4-2-14(3-5-15)27-17-16(24-25-27)11-20-18(23-17)22-13-10-21-26(8-1)12-13/h2-5,10-12,19H,1,6-9H2,(H,20,22,23). The third-order valence-corrected chi connectivity index (χ3v) is 4.45. The molecule has 6 bridgehead atoms. The van der Waals surface area contributed by atoms with E-state index in [1.807, 2.05) is 35.1 Å². The van der Waals surface area contributed by atoms with Gasteiger partial charge in [-0.1, -0.05) is 5.21 Å². The topological polar surface area (TPSA) is 108 Å². The highest BCUT2D eigenvalue weighted by molar-refractivity contribution is 5.72. The minimum atomic E-state index is 0.468. The van der Waals surface area contributed by atoms with Gasteiger partial charge in [-0.05, 0) is 37.2 Å². The molecule has 6 rings (SSSR count). The first-order chi connectivity index (χ1) is 13.8. The van der Waals surface area contributed by atoms with Gasteiger partial charge in [-0.15, -0.1) is 5.10 Å². The maximum atomic E-state index is 5.78. The van der Waals surface area contributed by atoms with Crippen molar-refractivity contribution in [3.8, 4) is 11.4 Å². The molecular weight excluding hydrogens is 358 g/mol. The zero-order valence-corrected chi connectivity index (χ0v) is 15.1. The monoisotopic (exact) mass is 377 g/mol. The summed E-state index contributed by atoms with van der Waals surface area (Å²) < 4.78 is 9.37. The van der Waals surface area contributed by atoms with E-state index < -0.39 is 0 Å². The average Bonchev–Trinajstić information content (AvgIpc) is 3.34. The van der Waals surface area contributed by atoms with Crippen molar-refractivity contribution in [1.82, 2.24) is 40.1 Å². The fourth-order valence-electron chi connectivity index (χ4n) is 3.06. The SMILES string of the molecule is c1nn2cc1Nc1ncc3nnn(c3n1)-c1ccc(cc1)OCCNCCC2. The molecule has 2 N–H and O–H groups in total. The van der Waals surface area contributed by atoms with Gasteiger partial charge in [-0.3, -0.25) is 4.68 Å². The van der Waals surface area contributed by atoms with E-state index in [0.29, 0.717) is 23.7 Å². The van der Waals surface area contributed by atoms with Crippen LogP contribution < -0.4 is 15.4 Å². The molecule has 10 heteroatoms. The molecule has 0 saturated carbocycles. The van der Waals surface area contributed by atoms with Crippen molar-refractivity contribution in [2.75, 3.05) is 25.0 Å². The second kappa shape index (κ2) is 7.24. The van der Waals surface area contributed by atoms with Gasteiger partial charge in [-0.25, -0.2) is 4.98 Å². The lowest BCUT2D eigenvalue weighted by molar-refractivity contribution is 0.313. The number of benzene rings is 1. The van der Waals surface area contributed by atoms with Crippen LogP contribution in [0.1, 0.15) is 6.42 Å². The van der Waals surface area contributed by atoms with E-state index in [2.05, 4.69) is 36.0 Å². The number of aromatic nitrogens is 7. The van der Waals surface area contributed by atoms with E-state index in [9.17, 15) is 0 Å². The van der Waals surface area contributed by atoms with Gasteiger partial charge in [0.25, 0.3) is 0 Å². The Bertz CT molecular complexity index is 1090.